The monoisotopic (exact) mass is 240 g/mol. The second-order valence-corrected chi connectivity index (χ2v) is 3.66. The standard InChI is InChI=1S/C10H13BrN2/c1-7-5-4-6-9(10(7)11)13-8(2)12-3/h4-6H,1-3H3,(H,12,13). The van der Waals surface area contributed by atoms with E-state index in [0.717, 1.165) is 16.0 Å². The van der Waals surface area contributed by atoms with Gasteiger partial charge in [0, 0.05) is 11.5 Å². The molecule has 0 radical (unpaired) electrons. The van der Waals surface area contributed by atoms with Crippen LogP contribution < -0.4 is 5.32 Å². The van der Waals surface area contributed by atoms with Gasteiger partial charge in [-0.15, -0.1) is 0 Å². The summed E-state index contributed by atoms with van der Waals surface area (Å²) in [6.07, 6.45) is 0. The molecule has 0 fully saturated rings. The first-order chi connectivity index (χ1) is 6.15. The number of hydrogen-bond donors (Lipinski definition) is 1. The van der Waals surface area contributed by atoms with Crippen molar-refractivity contribution in [3.63, 3.8) is 0 Å². The Kier molecular flexibility index (Phi) is 3.48. The van der Waals surface area contributed by atoms with Crippen LogP contribution >= 0.6 is 15.9 Å². The number of anilines is 1. The topological polar surface area (TPSA) is 24.4 Å². The molecule has 1 rings (SSSR count). The molecule has 0 bridgehead atoms. The summed E-state index contributed by atoms with van der Waals surface area (Å²) in [7, 11) is 1.77. The van der Waals surface area contributed by atoms with E-state index >= 15 is 0 Å². The number of benzene rings is 1. The number of aliphatic imine (C=N–C) groups is 1. The Morgan fingerprint density at radius 1 is 1.46 bits per heavy atom. The molecule has 3 heteroatoms. The Balaban J connectivity index is 2.96. The van der Waals surface area contributed by atoms with Crippen LogP contribution in [0.5, 0.6) is 0 Å². The zero-order valence-corrected chi connectivity index (χ0v) is 9.64. The van der Waals surface area contributed by atoms with E-state index in [1.54, 1.807) is 7.05 Å². The van der Waals surface area contributed by atoms with E-state index < -0.39 is 0 Å². The maximum Gasteiger partial charge on any atom is 0.0972 e. The zero-order chi connectivity index (χ0) is 9.84. The number of nitrogens with one attached hydrogen (secondary N) is 1. The summed E-state index contributed by atoms with van der Waals surface area (Å²) in [5.74, 6) is 0.909. The van der Waals surface area contributed by atoms with Crippen molar-refractivity contribution in [3.05, 3.63) is 28.2 Å². The van der Waals surface area contributed by atoms with Crippen molar-refractivity contribution in [3.8, 4) is 0 Å². The van der Waals surface area contributed by atoms with Gasteiger partial charge in [0.05, 0.1) is 11.5 Å². The third-order valence-electron chi connectivity index (χ3n) is 1.84. The van der Waals surface area contributed by atoms with Crippen molar-refractivity contribution in [2.45, 2.75) is 13.8 Å². The van der Waals surface area contributed by atoms with Crippen molar-refractivity contribution in [2.75, 3.05) is 12.4 Å². The number of aryl methyl sites for hydroxylation is 1. The largest absolute Gasteiger partial charge is 0.343 e. The van der Waals surface area contributed by atoms with Crippen molar-refractivity contribution >= 4 is 27.5 Å². The van der Waals surface area contributed by atoms with Crippen LogP contribution in [0.2, 0.25) is 0 Å². The molecule has 0 amide bonds. The van der Waals surface area contributed by atoms with Gasteiger partial charge in [-0.05, 0) is 41.4 Å². The first-order valence-corrected chi connectivity index (χ1v) is 4.90. The van der Waals surface area contributed by atoms with Crippen LogP contribution in [0.15, 0.2) is 27.7 Å². The molecule has 1 aromatic carbocycles. The second kappa shape index (κ2) is 4.42. The summed E-state index contributed by atoms with van der Waals surface area (Å²) in [4.78, 5) is 4.04. The summed E-state index contributed by atoms with van der Waals surface area (Å²) < 4.78 is 1.10. The number of amidine groups is 1. The van der Waals surface area contributed by atoms with Gasteiger partial charge >= 0.3 is 0 Å². The Labute approximate surface area is 87.2 Å². The molecule has 0 aromatic heterocycles. The smallest absolute Gasteiger partial charge is 0.0972 e. The fourth-order valence-corrected chi connectivity index (χ4v) is 1.36. The van der Waals surface area contributed by atoms with Gasteiger partial charge in [0.1, 0.15) is 0 Å². The molecule has 0 heterocycles. The summed E-state index contributed by atoms with van der Waals surface area (Å²) >= 11 is 3.52. The normalized spacial score (nSPS) is 11.5. The van der Waals surface area contributed by atoms with E-state index in [1.807, 2.05) is 19.1 Å². The number of nitrogens with zero attached hydrogens (tertiary/aromatic N) is 1. The first kappa shape index (κ1) is 10.3. The predicted molar refractivity (Wildman–Crippen MR) is 61.5 cm³/mol. The van der Waals surface area contributed by atoms with Crippen LogP contribution in [0.3, 0.4) is 0 Å². The van der Waals surface area contributed by atoms with Crippen LogP contribution in [-0.4, -0.2) is 12.9 Å². The van der Waals surface area contributed by atoms with E-state index in [2.05, 4.69) is 39.2 Å². The quantitative estimate of drug-likeness (QED) is 0.592. The van der Waals surface area contributed by atoms with Crippen LogP contribution in [0.25, 0.3) is 0 Å². The molecule has 0 aliphatic carbocycles. The molecule has 0 atom stereocenters. The maximum atomic E-state index is 4.04. The molecule has 13 heavy (non-hydrogen) atoms. The maximum absolute atomic E-state index is 4.04. The summed E-state index contributed by atoms with van der Waals surface area (Å²) in [5.41, 5.74) is 2.28. The predicted octanol–water partition coefficient (Wildman–Crippen LogP) is 3.22. The Bertz CT molecular complexity index is 332. The minimum absolute atomic E-state index is 0.909. The Hall–Kier alpha value is -0.830. The lowest BCUT2D eigenvalue weighted by Gasteiger charge is -2.08. The molecule has 0 saturated carbocycles. The lowest BCUT2D eigenvalue weighted by molar-refractivity contribution is 1.38. The lowest BCUT2D eigenvalue weighted by Crippen LogP contribution is -2.07. The molecule has 70 valence electrons. The number of rotatable bonds is 1. The molecule has 0 aliphatic rings. The van der Waals surface area contributed by atoms with Gasteiger partial charge in [0.15, 0.2) is 0 Å². The van der Waals surface area contributed by atoms with Crippen LogP contribution in [0.1, 0.15) is 12.5 Å². The fraction of sp³-hybridized carbons (Fsp3) is 0.300. The first-order valence-electron chi connectivity index (χ1n) is 4.10. The van der Waals surface area contributed by atoms with Crippen molar-refractivity contribution in [1.82, 2.24) is 0 Å². The van der Waals surface area contributed by atoms with Gasteiger partial charge < -0.3 is 5.32 Å². The van der Waals surface area contributed by atoms with Crippen molar-refractivity contribution in [2.24, 2.45) is 4.99 Å². The van der Waals surface area contributed by atoms with Gasteiger partial charge in [0.2, 0.25) is 0 Å². The molecule has 1 N–H and O–H groups in total. The van der Waals surface area contributed by atoms with Gasteiger partial charge in [0.25, 0.3) is 0 Å². The second-order valence-electron chi connectivity index (χ2n) is 2.87. The van der Waals surface area contributed by atoms with Crippen molar-refractivity contribution in [1.29, 1.82) is 0 Å². The molecule has 0 unspecified atom stereocenters. The zero-order valence-electron chi connectivity index (χ0n) is 8.06. The summed E-state index contributed by atoms with van der Waals surface area (Å²) in [6.45, 7) is 4.00. The number of halogens is 1. The average molecular weight is 241 g/mol. The van der Waals surface area contributed by atoms with Gasteiger partial charge in [-0.3, -0.25) is 4.99 Å². The van der Waals surface area contributed by atoms with Crippen LogP contribution in [0.4, 0.5) is 5.69 Å². The highest BCUT2D eigenvalue weighted by Gasteiger charge is 2.01. The van der Waals surface area contributed by atoms with Crippen LogP contribution in [-0.2, 0) is 0 Å². The summed E-state index contributed by atoms with van der Waals surface area (Å²) in [5, 5.41) is 3.20. The third-order valence-corrected chi connectivity index (χ3v) is 2.90. The fourth-order valence-electron chi connectivity index (χ4n) is 0.995. The highest BCUT2D eigenvalue weighted by Crippen LogP contribution is 2.25. The highest BCUT2D eigenvalue weighted by molar-refractivity contribution is 9.10. The van der Waals surface area contributed by atoms with Crippen LogP contribution in [0, 0.1) is 6.92 Å². The van der Waals surface area contributed by atoms with E-state index in [0.29, 0.717) is 0 Å². The lowest BCUT2D eigenvalue weighted by atomic mass is 10.2. The van der Waals surface area contributed by atoms with E-state index in [1.165, 1.54) is 5.56 Å². The van der Waals surface area contributed by atoms with E-state index in [9.17, 15) is 0 Å². The minimum Gasteiger partial charge on any atom is -0.343 e. The summed E-state index contributed by atoms with van der Waals surface area (Å²) in [6, 6.07) is 6.10. The molecular formula is C10H13BrN2. The van der Waals surface area contributed by atoms with Gasteiger partial charge in [-0.2, -0.15) is 0 Å². The molecule has 0 spiro atoms. The molecular weight excluding hydrogens is 228 g/mol. The molecule has 0 aliphatic heterocycles. The third kappa shape index (κ3) is 2.56. The molecule has 1 aromatic rings. The molecule has 0 saturated heterocycles. The Morgan fingerprint density at radius 2 is 2.15 bits per heavy atom. The minimum atomic E-state index is 0.909. The van der Waals surface area contributed by atoms with Crippen molar-refractivity contribution < 1.29 is 0 Å². The van der Waals surface area contributed by atoms with Gasteiger partial charge in [-0.1, -0.05) is 12.1 Å². The number of hydrogen-bond acceptors (Lipinski definition) is 1. The van der Waals surface area contributed by atoms with E-state index in [-0.39, 0.29) is 0 Å². The Morgan fingerprint density at radius 3 is 2.77 bits per heavy atom. The average Bonchev–Trinajstić information content (AvgIpc) is 2.13. The molecule has 2 nitrogen and oxygen atoms in total. The highest BCUT2D eigenvalue weighted by atomic mass is 79.9. The van der Waals surface area contributed by atoms with Gasteiger partial charge in [-0.25, -0.2) is 0 Å². The SMILES string of the molecule is CN=C(C)Nc1cccc(C)c1Br. The van der Waals surface area contributed by atoms with E-state index in [4.69, 9.17) is 0 Å².